The molecule has 24 heavy (non-hydrogen) atoms. The molecule has 2 aliphatic rings. The van der Waals surface area contributed by atoms with Crippen molar-refractivity contribution in [2.75, 3.05) is 0 Å². The van der Waals surface area contributed by atoms with Crippen molar-refractivity contribution < 1.29 is 14.4 Å². The number of benzene rings is 1. The van der Waals surface area contributed by atoms with Gasteiger partial charge in [0.2, 0.25) is 0 Å². The van der Waals surface area contributed by atoms with Gasteiger partial charge in [-0.25, -0.2) is 4.79 Å². The number of hydrazine groups is 1. The fourth-order valence-electron chi connectivity index (χ4n) is 3.57. The molecule has 4 rings (SSSR count). The van der Waals surface area contributed by atoms with E-state index < -0.39 is 17.5 Å². The number of nitrogens with one attached hydrogen (secondary N) is 3. The van der Waals surface area contributed by atoms with Crippen LogP contribution in [0, 0.1) is 0 Å². The molecule has 4 amide bonds. The number of imide groups is 1. The molecule has 7 heteroatoms. The number of fused-ring (bicyclic) bond motifs is 1. The average molecular weight is 326 g/mol. The maximum absolute atomic E-state index is 12.6. The molecule has 0 atom stereocenters. The van der Waals surface area contributed by atoms with E-state index in [9.17, 15) is 14.4 Å². The van der Waals surface area contributed by atoms with Crippen LogP contribution in [0.25, 0.3) is 10.9 Å². The Morgan fingerprint density at radius 1 is 1.12 bits per heavy atom. The SMILES string of the molecule is O=C(NN1C(=O)NC2(CCCCC2)C1=O)c1cc2ccccc2[nH]1. The number of hydrogen-bond donors (Lipinski definition) is 3. The molecule has 1 aliphatic carbocycles. The summed E-state index contributed by atoms with van der Waals surface area (Å²) in [6.07, 6.45) is 4.10. The van der Waals surface area contributed by atoms with E-state index in [-0.39, 0.29) is 5.91 Å². The van der Waals surface area contributed by atoms with Gasteiger partial charge in [0, 0.05) is 10.9 Å². The van der Waals surface area contributed by atoms with Crippen LogP contribution in [-0.2, 0) is 4.79 Å². The largest absolute Gasteiger partial charge is 0.350 e. The monoisotopic (exact) mass is 326 g/mol. The highest BCUT2D eigenvalue weighted by Gasteiger charge is 2.52. The molecule has 2 heterocycles. The highest BCUT2D eigenvalue weighted by Crippen LogP contribution is 2.33. The summed E-state index contributed by atoms with van der Waals surface area (Å²) in [4.78, 5) is 40.2. The number of carbonyl (C=O) groups is 3. The van der Waals surface area contributed by atoms with Crippen molar-refractivity contribution in [2.24, 2.45) is 0 Å². The third kappa shape index (κ3) is 2.24. The van der Waals surface area contributed by atoms with Crippen LogP contribution in [0.5, 0.6) is 0 Å². The summed E-state index contributed by atoms with van der Waals surface area (Å²) in [5.41, 5.74) is 2.71. The van der Waals surface area contributed by atoms with Crippen LogP contribution in [-0.4, -0.2) is 33.4 Å². The van der Waals surface area contributed by atoms with Gasteiger partial charge in [0.25, 0.3) is 11.8 Å². The van der Waals surface area contributed by atoms with Crippen molar-refractivity contribution in [3.8, 4) is 0 Å². The van der Waals surface area contributed by atoms with Gasteiger partial charge in [-0.05, 0) is 25.0 Å². The lowest BCUT2D eigenvalue weighted by atomic mass is 9.82. The second-order valence-corrected chi connectivity index (χ2v) is 6.42. The summed E-state index contributed by atoms with van der Waals surface area (Å²) >= 11 is 0. The fraction of sp³-hybridized carbons (Fsp3) is 0.353. The van der Waals surface area contributed by atoms with E-state index in [2.05, 4.69) is 15.7 Å². The minimum Gasteiger partial charge on any atom is -0.350 e. The second kappa shape index (κ2) is 5.36. The van der Waals surface area contributed by atoms with Crippen LogP contribution in [0.1, 0.15) is 42.6 Å². The molecule has 1 saturated carbocycles. The lowest BCUT2D eigenvalue weighted by molar-refractivity contribution is -0.134. The summed E-state index contributed by atoms with van der Waals surface area (Å²) in [5, 5.41) is 4.48. The van der Waals surface area contributed by atoms with Crippen molar-refractivity contribution in [3.63, 3.8) is 0 Å². The fourth-order valence-corrected chi connectivity index (χ4v) is 3.57. The third-order valence-corrected chi connectivity index (χ3v) is 4.86. The van der Waals surface area contributed by atoms with Crippen LogP contribution >= 0.6 is 0 Å². The maximum atomic E-state index is 12.6. The van der Waals surface area contributed by atoms with Gasteiger partial charge >= 0.3 is 6.03 Å². The molecule has 0 radical (unpaired) electrons. The van der Waals surface area contributed by atoms with Gasteiger partial charge in [-0.1, -0.05) is 37.5 Å². The van der Waals surface area contributed by atoms with Gasteiger partial charge in [0.15, 0.2) is 0 Å². The molecule has 1 spiro atoms. The number of urea groups is 1. The van der Waals surface area contributed by atoms with Crippen molar-refractivity contribution in [3.05, 3.63) is 36.0 Å². The number of carbonyl (C=O) groups excluding carboxylic acids is 3. The van der Waals surface area contributed by atoms with Gasteiger partial charge in [-0.15, -0.1) is 0 Å². The van der Waals surface area contributed by atoms with Gasteiger partial charge in [0.1, 0.15) is 11.2 Å². The minimum atomic E-state index is -0.844. The minimum absolute atomic E-state index is 0.307. The Labute approximate surface area is 138 Å². The molecule has 2 aromatic rings. The molecule has 1 aromatic heterocycles. The van der Waals surface area contributed by atoms with E-state index in [1.807, 2.05) is 24.3 Å². The number of para-hydroxylation sites is 1. The van der Waals surface area contributed by atoms with E-state index in [0.717, 1.165) is 35.2 Å². The molecule has 124 valence electrons. The normalized spacial score (nSPS) is 19.8. The Balaban J connectivity index is 1.55. The van der Waals surface area contributed by atoms with Crippen LogP contribution in [0.3, 0.4) is 0 Å². The molecule has 7 nitrogen and oxygen atoms in total. The van der Waals surface area contributed by atoms with Crippen LogP contribution < -0.4 is 10.7 Å². The van der Waals surface area contributed by atoms with Crippen LogP contribution in [0.4, 0.5) is 4.79 Å². The number of nitrogens with zero attached hydrogens (tertiary/aromatic N) is 1. The Bertz CT molecular complexity index is 802. The predicted molar refractivity (Wildman–Crippen MR) is 87.0 cm³/mol. The van der Waals surface area contributed by atoms with Gasteiger partial charge in [0.05, 0.1) is 0 Å². The first-order valence-corrected chi connectivity index (χ1v) is 8.15. The third-order valence-electron chi connectivity index (χ3n) is 4.86. The van der Waals surface area contributed by atoms with Gasteiger partial charge in [-0.3, -0.25) is 15.0 Å². The van der Waals surface area contributed by atoms with Crippen molar-refractivity contribution in [2.45, 2.75) is 37.6 Å². The standard InChI is InChI=1S/C17H18N4O3/c22-14(13-10-11-6-2-3-7-12(11)18-13)20-21-15(23)17(19-16(21)24)8-4-1-5-9-17/h2-3,6-7,10,18H,1,4-5,8-9H2,(H,19,24)(H,20,22). The number of hydrogen-bond acceptors (Lipinski definition) is 3. The predicted octanol–water partition coefficient (Wildman–Crippen LogP) is 2.07. The molecule has 0 unspecified atom stereocenters. The van der Waals surface area contributed by atoms with Crippen molar-refractivity contribution in [1.82, 2.24) is 20.7 Å². The van der Waals surface area contributed by atoms with Gasteiger partial charge < -0.3 is 10.3 Å². The molecule has 1 aromatic carbocycles. The Kier molecular flexibility index (Phi) is 3.30. The summed E-state index contributed by atoms with van der Waals surface area (Å²) in [6.45, 7) is 0. The summed E-state index contributed by atoms with van der Waals surface area (Å²) in [5.74, 6) is -0.876. The van der Waals surface area contributed by atoms with Crippen molar-refractivity contribution >= 4 is 28.7 Å². The first-order chi connectivity index (χ1) is 11.6. The highest BCUT2D eigenvalue weighted by molar-refractivity contribution is 6.09. The molecule has 0 bridgehead atoms. The van der Waals surface area contributed by atoms with E-state index in [0.29, 0.717) is 18.5 Å². The number of aromatic amines is 1. The van der Waals surface area contributed by atoms with E-state index >= 15 is 0 Å². The zero-order valence-corrected chi connectivity index (χ0v) is 13.1. The highest BCUT2D eigenvalue weighted by atomic mass is 16.2. The maximum Gasteiger partial charge on any atom is 0.344 e. The number of aromatic nitrogens is 1. The summed E-state index contributed by atoms with van der Waals surface area (Å²) < 4.78 is 0. The van der Waals surface area contributed by atoms with E-state index in [4.69, 9.17) is 0 Å². The zero-order chi connectivity index (χ0) is 16.7. The molecule has 1 saturated heterocycles. The zero-order valence-electron chi connectivity index (χ0n) is 13.1. The molecule has 3 N–H and O–H groups in total. The first-order valence-electron chi connectivity index (χ1n) is 8.15. The van der Waals surface area contributed by atoms with Gasteiger partial charge in [-0.2, -0.15) is 5.01 Å². The lowest BCUT2D eigenvalue weighted by Gasteiger charge is -2.30. The molecule has 1 aliphatic heterocycles. The Morgan fingerprint density at radius 2 is 1.88 bits per heavy atom. The quantitative estimate of drug-likeness (QED) is 0.737. The van der Waals surface area contributed by atoms with Crippen molar-refractivity contribution in [1.29, 1.82) is 0 Å². The molecule has 2 fully saturated rings. The molecular weight excluding hydrogens is 308 g/mol. The Morgan fingerprint density at radius 3 is 2.62 bits per heavy atom. The van der Waals surface area contributed by atoms with Crippen LogP contribution in [0.2, 0.25) is 0 Å². The second-order valence-electron chi connectivity index (χ2n) is 6.42. The summed E-state index contributed by atoms with van der Waals surface area (Å²) in [6, 6.07) is 8.61. The first kappa shape index (κ1) is 14.7. The molecular formula is C17H18N4O3. The lowest BCUT2D eigenvalue weighted by Crippen LogP contribution is -2.51. The number of amides is 4. The van der Waals surface area contributed by atoms with E-state index in [1.54, 1.807) is 6.07 Å². The summed E-state index contributed by atoms with van der Waals surface area (Å²) in [7, 11) is 0. The number of H-pyrrole nitrogens is 1. The average Bonchev–Trinajstić information content (AvgIpc) is 3.11. The van der Waals surface area contributed by atoms with E-state index in [1.165, 1.54) is 0 Å². The topological polar surface area (TPSA) is 94.3 Å². The van der Waals surface area contributed by atoms with Crippen LogP contribution in [0.15, 0.2) is 30.3 Å². The Hall–Kier alpha value is -2.83. The smallest absolute Gasteiger partial charge is 0.344 e. The number of rotatable bonds is 2.